The van der Waals surface area contributed by atoms with Crippen molar-refractivity contribution in [3.8, 4) is 22.3 Å². The molecule has 3 heterocycles. The molecule has 6 nitrogen and oxygen atoms in total. The summed E-state index contributed by atoms with van der Waals surface area (Å²) in [5.41, 5.74) is 0.900. The molecule has 1 aliphatic heterocycles. The lowest BCUT2D eigenvalue weighted by Crippen LogP contribution is -2.35. The molecule has 29 heavy (non-hydrogen) atoms. The Bertz CT molecular complexity index is 1000. The van der Waals surface area contributed by atoms with Gasteiger partial charge in [-0.25, -0.2) is 4.98 Å². The molecule has 0 bridgehead atoms. The van der Waals surface area contributed by atoms with Gasteiger partial charge >= 0.3 is 5.97 Å². The molecule has 150 valence electrons. The number of fused-ring (bicyclic) bond motifs is 1. The predicted octanol–water partition coefficient (Wildman–Crippen LogP) is 4.73. The molecule has 1 saturated carbocycles. The maximum atomic E-state index is 13.2. The number of esters is 1. The topological polar surface area (TPSA) is 70.8 Å². The average Bonchev–Trinajstić information content (AvgIpc) is 3.53. The van der Waals surface area contributed by atoms with Crippen LogP contribution in [0, 0.1) is 0 Å². The van der Waals surface area contributed by atoms with Crippen LogP contribution in [0.1, 0.15) is 36.9 Å². The van der Waals surface area contributed by atoms with Crippen molar-refractivity contribution in [2.24, 2.45) is 0 Å². The summed E-state index contributed by atoms with van der Waals surface area (Å²) in [6.07, 6.45) is 5.08. The second-order valence-corrected chi connectivity index (χ2v) is 8.29. The lowest BCUT2D eigenvalue weighted by molar-refractivity contribution is -0.152. The van der Waals surface area contributed by atoms with Crippen molar-refractivity contribution in [3.63, 3.8) is 0 Å². The molecule has 1 fully saturated rings. The monoisotopic (exact) mass is 411 g/mol. The van der Waals surface area contributed by atoms with Crippen LogP contribution < -0.4 is 9.47 Å². The molecular weight excluding hydrogens is 390 g/mol. The molecule has 0 N–H and O–H groups in total. The summed E-state index contributed by atoms with van der Waals surface area (Å²) >= 11 is 1.56. The number of rotatable bonds is 5. The Kier molecular flexibility index (Phi) is 4.75. The minimum Gasteiger partial charge on any atom is -0.486 e. The van der Waals surface area contributed by atoms with E-state index in [0.717, 1.165) is 41.9 Å². The van der Waals surface area contributed by atoms with E-state index in [1.165, 1.54) is 0 Å². The minimum atomic E-state index is -0.643. The van der Waals surface area contributed by atoms with Gasteiger partial charge in [0.05, 0.1) is 10.3 Å². The van der Waals surface area contributed by atoms with Crippen molar-refractivity contribution in [2.75, 3.05) is 13.2 Å². The van der Waals surface area contributed by atoms with Crippen LogP contribution in [0.4, 0.5) is 0 Å². The molecule has 1 aromatic carbocycles. The van der Waals surface area contributed by atoms with E-state index >= 15 is 0 Å². The molecule has 3 aromatic rings. The van der Waals surface area contributed by atoms with Crippen molar-refractivity contribution < 1.29 is 23.4 Å². The third-order valence-corrected chi connectivity index (χ3v) is 6.44. The Labute approximate surface area is 172 Å². The number of carbonyl (C=O) groups is 1. The van der Waals surface area contributed by atoms with Crippen LogP contribution in [0.3, 0.4) is 0 Å². The van der Waals surface area contributed by atoms with Crippen molar-refractivity contribution >= 4 is 17.3 Å². The zero-order valence-corrected chi connectivity index (χ0v) is 16.7. The van der Waals surface area contributed by atoms with Crippen molar-refractivity contribution in [1.29, 1.82) is 0 Å². The van der Waals surface area contributed by atoms with Gasteiger partial charge in [-0.1, -0.05) is 25.0 Å². The van der Waals surface area contributed by atoms with Gasteiger partial charge in [-0.2, -0.15) is 0 Å². The summed E-state index contributed by atoms with van der Waals surface area (Å²) in [6.45, 7) is 1.16. The van der Waals surface area contributed by atoms with Gasteiger partial charge in [-0.3, -0.25) is 4.79 Å². The van der Waals surface area contributed by atoms with Crippen molar-refractivity contribution in [2.45, 2.75) is 37.7 Å². The first-order valence-corrected chi connectivity index (χ1v) is 10.7. The zero-order chi connectivity index (χ0) is 19.7. The van der Waals surface area contributed by atoms with Crippen molar-refractivity contribution in [1.82, 2.24) is 4.98 Å². The lowest BCUT2D eigenvalue weighted by atomic mass is 9.78. The molecule has 2 aliphatic rings. The van der Waals surface area contributed by atoms with Gasteiger partial charge in [-0.15, -0.1) is 11.3 Å². The van der Waals surface area contributed by atoms with E-state index in [-0.39, 0.29) is 12.6 Å². The SMILES string of the molecule is O=C(OCc1coc(-c2cccs2)n1)C1(c2ccc3c(c2)OCCO3)CCCC1. The van der Waals surface area contributed by atoms with E-state index in [0.29, 0.717) is 30.5 Å². The third kappa shape index (κ3) is 3.40. The second-order valence-electron chi connectivity index (χ2n) is 7.35. The summed E-state index contributed by atoms with van der Waals surface area (Å²) in [5, 5.41) is 1.97. The van der Waals surface area contributed by atoms with E-state index < -0.39 is 5.41 Å². The summed E-state index contributed by atoms with van der Waals surface area (Å²) in [4.78, 5) is 18.6. The molecular formula is C22H21NO5S. The van der Waals surface area contributed by atoms with Crippen LogP contribution in [0.5, 0.6) is 11.5 Å². The van der Waals surface area contributed by atoms with Crippen LogP contribution >= 0.6 is 11.3 Å². The molecule has 0 unspecified atom stereocenters. The molecule has 1 aliphatic carbocycles. The largest absolute Gasteiger partial charge is 0.486 e. The Morgan fingerprint density at radius 2 is 1.97 bits per heavy atom. The number of hydrogen-bond acceptors (Lipinski definition) is 7. The van der Waals surface area contributed by atoms with Crippen LogP contribution in [0.15, 0.2) is 46.4 Å². The van der Waals surface area contributed by atoms with Crippen LogP contribution in [0.2, 0.25) is 0 Å². The average molecular weight is 411 g/mol. The van der Waals surface area contributed by atoms with E-state index in [1.807, 2.05) is 35.7 Å². The number of nitrogens with zero attached hydrogens (tertiary/aromatic N) is 1. The molecule has 7 heteroatoms. The summed E-state index contributed by atoms with van der Waals surface area (Å²) in [7, 11) is 0. The van der Waals surface area contributed by atoms with Gasteiger partial charge in [0, 0.05) is 0 Å². The highest BCUT2D eigenvalue weighted by Gasteiger charge is 2.44. The van der Waals surface area contributed by atoms with Crippen LogP contribution in [0.25, 0.3) is 10.8 Å². The van der Waals surface area contributed by atoms with Gasteiger partial charge in [0.2, 0.25) is 5.89 Å². The number of oxazole rings is 1. The molecule has 5 rings (SSSR count). The first-order valence-electron chi connectivity index (χ1n) is 9.80. The Morgan fingerprint density at radius 3 is 2.76 bits per heavy atom. The number of carbonyl (C=O) groups excluding carboxylic acids is 1. The quantitative estimate of drug-likeness (QED) is 0.565. The maximum Gasteiger partial charge on any atom is 0.316 e. The standard InChI is InChI=1S/C22H21NO5S/c24-21(28-14-16-13-27-20(23-16)19-4-3-11-29-19)22(7-1-2-8-22)15-5-6-17-18(12-15)26-10-9-25-17/h3-6,11-13H,1-2,7-10,14H2. The molecule has 0 saturated heterocycles. The molecule has 0 atom stereocenters. The fourth-order valence-electron chi connectivity index (χ4n) is 4.09. The summed E-state index contributed by atoms with van der Waals surface area (Å²) in [5.74, 6) is 1.76. The fourth-order valence-corrected chi connectivity index (χ4v) is 4.75. The second kappa shape index (κ2) is 7.55. The highest BCUT2D eigenvalue weighted by molar-refractivity contribution is 7.13. The fraction of sp³-hybridized carbons (Fsp3) is 0.364. The highest BCUT2D eigenvalue weighted by Crippen LogP contribution is 2.45. The normalized spacial score (nSPS) is 17.2. The third-order valence-electron chi connectivity index (χ3n) is 5.58. The smallest absolute Gasteiger partial charge is 0.316 e. The van der Waals surface area contributed by atoms with Gasteiger partial charge in [0.25, 0.3) is 0 Å². The molecule has 0 radical (unpaired) electrons. The number of benzene rings is 1. The molecule has 0 amide bonds. The maximum absolute atomic E-state index is 13.2. The Hall–Kier alpha value is -2.80. The summed E-state index contributed by atoms with van der Waals surface area (Å²) < 4.78 is 22.6. The van der Waals surface area contributed by atoms with E-state index in [9.17, 15) is 4.79 Å². The van der Waals surface area contributed by atoms with E-state index in [1.54, 1.807) is 17.6 Å². The Morgan fingerprint density at radius 1 is 1.14 bits per heavy atom. The van der Waals surface area contributed by atoms with Gasteiger partial charge < -0.3 is 18.6 Å². The van der Waals surface area contributed by atoms with E-state index in [2.05, 4.69) is 4.98 Å². The van der Waals surface area contributed by atoms with Crippen LogP contribution in [-0.2, 0) is 21.6 Å². The van der Waals surface area contributed by atoms with Gasteiger partial charge in [0.15, 0.2) is 11.5 Å². The first-order chi connectivity index (χ1) is 14.2. The zero-order valence-electron chi connectivity index (χ0n) is 15.9. The summed E-state index contributed by atoms with van der Waals surface area (Å²) in [6, 6.07) is 9.68. The minimum absolute atomic E-state index is 0.0972. The number of thiophene rings is 1. The van der Waals surface area contributed by atoms with Gasteiger partial charge in [-0.05, 0) is 42.0 Å². The van der Waals surface area contributed by atoms with Crippen molar-refractivity contribution in [3.05, 3.63) is 53.2 Å². The Balaban J connectivity index is 1.34. The number of ether oxygens (including phenoxy) is 3. The van der Waals surface area contributed by atoms with E-state index in [4.69, 9.17) is 18.6 Å². The molecule has 2 aromatic heterocycles. The van der Waals surface area contributed by atoms with Gasteiger partial charge in [0.1, 0.15) is 31.8 Å². The first kappa shape index (κ1) is 18.2. The number of aromatic nitrogens is 1. The number of hydrogen-bond donors (Lipinski definition) is 0. The molecule has 0 spiro atoms. The highest BCUT2D eigenvalue weighted by atomic mass is 32.1. The predicted molar refractivity (Wildman–Crippen MR) is 107 cm³/mol. The lowest BCUT2D eigenvalue weighted by Gasteiger charge is -2.28. The van der Waals surface area contributed by atoms with Crippen LogP contribution in [-0.4, -0.2) is 24.2 Å².